The maximum atomic E-state index is 3.49. The number of nitrogens with zero attached hydrogens (tertiary/aromatic N) is 1. The third-order valence-electron chi connectivity index (χ3n) is 3.71. The fourth-order valence-corrected chi connectivity index (χ4v) is 2.96. The molecule has 0 spiro atoms. The average Bonchev–Trinajstić information content (AvgIpc) is 2.70. The Balaban J connectivity index is 1.93. The lowest BCUT2D eigenvalue weighted by atomic mass is 9.89. The minimum Gasteiger partial charge on any atom is -0.315 e. The van der Waals surface area contributed by atoms with Gasteiger partial charge >= 0.3 is 0 Å². The second-order valence-corrected chi connectivity index (χ2v) is 4.49. The summed E-state index contributed by atoms with van der Waals surface area (Å²) < 4.78 is 0. The van der Waals surface area contributed by atoms with E-state index < -0.39 is 0 Å². The van der Waals surface area contributed by atoms with Crippen LogP contribution in [0.25, 0.3) is 0 Å². The lowest BCUT2D eigenvalue weighted by molar-refractivity contribution is 0.153. The van der Waals surface area contributed by atoms with Crippen molar-refractivity contribution in [2.45, 2.75) is 50.6 Å². The van der Waals surface area contributed by atoms with Gasteiger partial charge in [0.2, 0.25) is 0 Å². The molecule has 2 aliphatic rings. The molecular weight excluding hydrogens is 160 g/mol. The van der Waals surface area contributed by atoms with Gasteiger partial charge in [-0.05, 0) is 45.8 Å². The van der Waals surface area contributed by atoms with E-state index in [0.29, 0.717) is 0 Å². The maximum Gasteiger partial charge on any atom is 0.0249 e. The predicted molar refractivity (Wildman–Crippen MR) is 55.9 cm³/mol. The molecule has 76 valence electrons. The second kappa shape index (κ2) is 4.43. The van der Waals surface area contributed by atoms with Gasteiger partial charge in [-0.1, -0.05) is 12.8 Å². The molecule has 0 aromatic heterocycles. The number of rotatable bonds is 2. The molecule has 2 fully saturated rings. The van der Waals surface area contributed by atoms with Crippen LogP contribution in [-0.4, -0.2) is 37.1 Å². The fraction of sp³-hybridized carbons (Fsp3) is 1.00. The summed E-state index contributed by atoms with van der Waals surface area (Å²) >= 11 is 0. The van der Waals surface area contributed by atoms with E-state index in [4.69, 9.17) is 0 Å². The van der Waals surface area contributed by atoms with Crippen LogP contribution in [0.15, 0.2) is 0 Å². The zero-order valence-corrected chi connectivity index (χ0v) is 8.76. The van der Waals surface area contributed by atoms with Gasteiger partial charge in [-0.25, -0.2) is 0 Å². The first-order chi connectivity index (χ1) is 6.42. The van der Waals surface area contributed by atoms with Crippen molar-refractivity contribution >= 4 is 0 Å². The molecule has 2 nitrogen and oxygen atoms in total. The van der Waals surface area contributed by atoms with E-state index in [2.05, 4.69) is 17.3 Å². The predicted octanol–water partition coefficient (Wildman–Crippen LogP) is 1.61. The Labute approximate surface area is 81.7 Å². The third kappa shape index (κ3) is 2.05. The lowest BCUT2D eigenvalue weighted by Gasteiger charge is -2.37. The Morgan fingerprint density at radius 3 is 2.38 bits per heavy atom. The second-order valence-electron chi connectivity index (χ2n) is 4.49. The molecule has 0 amide bonds. The van der Waals surface area contributed by atoms with Crippen molar-refractivity contribution in [2.24, 2.45) is 0 Å². The molecular formula is C11H22N2. The highest BCUT2D eigenvalue weighted by atomic mass is 15.2. The Morgan fingerprint density at radius 1 is 1.00 bits per heavy atom. The largest absolute Gasteiger partial charge is 0.315 e. The summed E-state index contributed by atoms with van der Waals surface area (Å²) in [6, 6.07) is 1.62. The zero-order valence-electron chi connectivity index (χ0n) is 8.76. The minimum absolute atomic E-state index is 0.770. The van der Waals surface area contributed by atoms with Gasteiger partial charge in [0.1, 0.15) is 0 Å². The standard InChI is InChI=1S/C11H22N2/c1-12-10-6-2-3-7-11(10)13-8-4-5-9-13/h10-12H,2-9H2,1H3. The Morgan fingerprint density at radius 2 is 1.69 bits per heavy atom. The fourth-order valence-electron chi connectivity index (χ4n) is 2.96. The van der Waals surface area contributed by atoms with Crippen LogP contribution in [0.1, 0.15) is 38.5 Å². The monoisotopic (exact) mass is 182 g/mol. The molecule has 0 radical (unpaired) electrons. The van der Waals surface area contributed by atoms with E-state index in [9.17, 15) is 0 Å². The topological polar surface area (TPSA) is 15.3 Å². The average molecular weight is 182 g/mol. The van der Waals surface area contributed by atoms with Crippen LogP contribution in [0.3, 0.4) is 0 Å². The highest BCUT2D eigenvalue weighted by molar-refractivity contribution is 4.88. The van der Waals surface area contributed by atoms with Crippen LogP contribution in [-0.2, 0) is 0 Å². The Bertz CT molecular complexity index is 150. The summed E-state index contributed by atoms with van der Waals surface area (Å²) in [7, 11) is 2.12. The van der Waals surface area contributed by atoms with E-state index in [1.54, 1.807) is 0 Å². The highest BCUT2D eigenvalue weighted by Crippen LogP contribution is 2.25. The SMILES string of the molecule is CNC1CCCCC1N1CCCC1. The van der Waals surface area contributed by atoms with E-state index in [1.165, 1.54) is 51.6 Å². The summed E-state index contributed by atoms with van der Waals surface area (Å²) in [5, 5.41) is 3.49. The van der Waals surface area contributed by atoms with Crippen molar-refractivity contribution in [1.29, 1.82) is 0 Å². The molecule has 1 saturated carbocycles. The van der Waals surface area contributed by atoms with Crippen molar-refractivity contribution in [3.63, 3.8) is 0 Å². The van der Waals surface area contributed by atoms with Crippen molar-refractivity contribution in [2.75, 3.05) is 20.1 Å². The van der Waals surface area contributed by atoms with E-state index in [-0.39, 0.29) is 0 Å². The van der Waals surface area contributed by atoms with Crippen molar-refractivity contribution < 1.29 is 0 Å². The molecule has 0 aromatic rings. The summed E-state index contributed by atoms with van der Waals surface area (Å²) in [6.07, 6.45) is 8.53. The van der Waals surface area contributed by atoms with Gasteiger partial charge < -0.3 is 5.32 Å². The molecule has 0 bridgehead atoms. The van der Waals surface area contributed by atoms with Crippen LogP contribution < -0.4 is 5.32 Å². The molecule has 2 heteroatoms. The molecule has 1 saturated heterocycles. The highest BCUT2D eigenvalue weighted by Gasteiger charge is 2.30. The van der Waals surface area contributed by atoms with Crippen LogP contribution in [0.2, 0.25) is 0 Å². The number of nitrogens with one attached hydrogen (secondary N) is 1. The van der Waals surface area contributed by atoms with Gasteiger partial charge in [0.05, 0.1) is 0 Å². The van der Waals surface area contributed by atoms with Crippen LogP contribution in [0, 0.1) is 0 Å². The molecule has 0 aromatic carbocycles. The Kier molecular flexibility index (Phi) is 3.23. The first-order valence-corrected chi connectivity index (χ1v) is 5.83. The Hall–Kier alpha value is -0.0800. The molecule has 2 unspecified atom stereocenters. The first kappa shape index (κ1) is 9.47. The molecule has 1 heterocycles. The molecule has 2 atom stereocenters. The summed E-state index contributed by atoms with van der Waals surface area (Å²) in [4.78, 5) is 2.71. The number of likely N-dealkylation sites (tertiary alicyclic amines) is 1. The van der Waals surface area contributed by atoms with Crippen molar-refractivity contribution in [3.05, 3.63) is 0 Å². The zero-order chi connectivity index (χ0) is 9.10. The third-order valence-corrected chi connectivity index (χ3v) is 3.71. The maximum absolute atomic E-state index is 3.49. The molecule has 13 heavy (non-hydrogen) atoms. The van der Waals surface area contributed by atoms with Gasteiger partial charge in [-0.15, -0.1) is 0 Å². The quantitative estimate of drug-likeness (QED) is 0.698. The van der Waals surface area contributed by atoms with Crippen molar-refractivity contribution in [1.82, 2.24) is 10.2 Å². The van der Waals surface area contributed by atoms with Gasteiger partial charge in [0.15, 0.2) is 0 Å². The molecule has 2 rings (SSSR count). The number of hydrogen-bond acceptors (Lipinski definition) is 2. The van der Waals surface area contributed by atoms with E-state index in [1.807, 2.05) is 0 Å². The first-order valence-electron chi connectivity index (χ1n) is 5.83. The number of hydrogen-bond donors (Lipinski definition) is 1. The summed E-state index contributed by atoms with van der Waals surface area (Å²) in [6.45, 7) is 2.70. The molecule has 1 aliphatic heterocycles. The lowest BCUT2D eigenvalue weighted by Crippen LogP contribution is -2.49. The van der Waals surface area contributed by atoms with Crippen LogP contribution >= 0.6 is 0 Å². The smallest absolute Gasteiger partial charge is 0.0249 e. The van der Waals surface area contributed by atoms with Gasteiger partial charge in [-0.2, -0.15) is 0 Å². The summed E-state index contributed by atoms with van der Waals surface area (Å²) in [5.74, 6) is 0. The summed E-state index contributed by atoms with van der Waals surface area (Å²) in [5.41, 5.74) is 0. The van der Waals surface area contributed by atoms with Gasteiger partial charge in [0.25, 0.3) is 0 Å². The van der Waals surface area contributed by atoms with Gasteiger partial charge in [0, 0.05) is 12.1 Å². The van der Waals surface area contributed by atoms with Gasteiger partial charge in [-0.3, -0.25) is 4.90 Å². The van der Waals surface area contributed by atoms with E-state index in [0.717, 1.165) is 12.1 Å². The minimum atomic E-state index is 0.770. The van der Waals surface area contributed by atoms with Crippen LogP contribution in [0.5, 0.6) is 0 Å². The molecule has 1 aliphatic carbocycles. The van der Waals surface area contributed by atoms with E-state index >= 15 is 0 Å². The normalized spacial score (nSPS) is 36.7. The van der Waals surface area contributed by atoms with Crippen molar-refractivity contribution in [3.8, 4) is 0 Å². The number of likely N-dealkylation sites (N-methyl/N-ethyl adjacent to an activating group) is 1. The van der Waals surface area contributed by atoms with Crippen LogP contribution in [0.4, 0.5) is 0 Å². The molecule has 1 N–H and O–H groups in total.